The number of hydrogen-bond acceptors (Lipinski definition) is 6. The van der Waals surface area contributed by atoms with Crippen molar-refractivity contribution in [3.63, 3.8) is 0 Å². The Labute approximate surface area is 205 Å². The van der Waals surface area contributed by atoms with Crippen molar-refractivity contribution in [1.29, 1.82) is 0 Å². The van der Waals surface area contributed by atoms with Crippen molar-refractivity contribution in [1.82, 2.24) is 15.0 Å². The van der Waals surface area contributed by atoms with Gasteiger partial charge in [0.1, 0.15) is 5.82 Å². The largest absolute Gasteiger partial charge is 0.416 e. The third-order valence-corrected chi connectivity index (χ3v) is 4.89. The SMILES string of the molecule is Fc1ccc(CNc2nc(Nc3cccc(C(F)(F)F)c3)nc(Nc3cccc(C(F)(F)F)c3)n2)cc1. The molecule has 3 N–H and O–H groups in total. The van der Waals surface area contributed by atoms with Gasteiger partial charge in [0.15, 0.2) is 0 Å². The molecule has 0 unspecified atom stereocenters. The van der Waals surface area contributed by atoms with Crippen molar-refractivity contribution < 1.29 is 30.7 Å². The van der Waals surface area contributed by atoms with Crippen molar-refractivity contribution in [3.05, 3.63) is 95.3 Å². The third kappa shape index (κ3) is 7.06. The molecule has 1 heterocycles. The number of hydrogen-bond donors (Lipinski definition) is 3. The molecule has 0 aliphatic carbocycles. The molecule has 0 saturated carbocycles. The predicted molar refractivity (Wildman–Crippen MR) is 123 cm³/mol. The molecule has 4 aromatic rings. The van der Waals surface area contributed by atoms with Gasteiger partial charge >= 0.3 is 12.4 Å². The average molecular weight is 522 g/mol. The molecule has 0 spiro atoms. The summed E-state index contributed by atoms with van der Waals surface area (Å²) in [5, 5.41) is 8.18. The predicted octanol–water partition coefficient (Wildman–Crippen LogP) is 7.15. The second-order valence-electron chi connectivity index (χ2n) is 7.69. The molecule has 0 aliphatic rings. The van der Waals surface area contributed by atoms with E-state index in [9.17, 15) is 30.7 Å². The Hall–Kier alpha value is -4.42. The van der Waals surface area contributed by atoms with Crippen LogP contribution in [0.25, 0.3) is 0 Å². The first-order valence-corrected chi connectivity index (χ1v) is 10.6. The number of halogens is 7. The smallest absolute Gasteiger partial charge is 0.350 e. The maximum Gasteiger partial charge on any atom is 0.416 e. The Bertz CT molecular complexity index is 1290. The average Bonchev–Trinajstić information content (AvgIpc) is 2.83. The quantitative estimate of drug-likeness (QED) is 0.224. The minimum absolute atomic E-state index is 0.0236. The van der Waals surface area contributed by atoms with Gasteiger partial charge in [-0.1, -0.05) is 24.3 Å². The molecule has 13 heteroatoms. The molecule has 0 fully saturated rings. The lowest BCUT2D eigenvalue weighted by Crippen LogP contribution is -2.11. The second kappa shape index (κ2) is 10.3. The van der Waals surface area contributed by atoms with E-state index >= 15 is 0 Å². The van der Waals surface area contributed by atoms with Crippen LogP contribution in [-0.2, 0) is 18.9 Å². The van der Waals surface area contributed by atoms with Crippen molar-refractivity contribution >= 4 is 29.2 Å². The van der Waals surface area contributed by atoms with E-state index in [1.54, 1.807) is 0 Å². The topological polar surface area (TPSA) is 74.8 Å². The van der Waals surface area contributed by atoms with Crippen LogP contribution in [0.15, 0.2) is 72.8 Å². The fraction of sp³-hybridized carbons (Fsp3) is 0.125. The van der Waals surface area contributed by atoms with E-state index in [0.29, 0.717) is 5.56 Å². The summed E-state index contributed by atoms with van der Waals surface area (Å²) >= 11 is 0. The summed E-state index contributed by atoms with van der Waals surface area (Å²) in [6.45, 7) is 0.149. The second-order valence-corrected chi connectivity index (χ2v) is 7.69. The number of anilines is 5. The minimum Gasteiger partial charge on any atom is -0.350 e. The lowest BCUT2D eigenvalue weighted by molar-refractivity contribution is -0.138. The molecule has 0 atom stereocenters. The Morgan fingerprint density at radius 3 is 1.51 bits per heavy atom. The van der Waals surface area contributed by atoms with Crippen LogP contribution >= 0.6 is 0 Å². The highest BCUT2D eigenvalue weighted by atomic mass is 19.4. The summed E-state index contributed by atoms with van der Waals surface area (Å²) in [6.07, 6.45) is -9.15. The first-order valence-electron chi connectivity index (χ1n) is 10.6. The lowest BCUT2D eigenvalue weighted by atomic mass is 10.2. The fourth-order valence-corrected chi connectivity index (χ4v) is 3.15. The van der Waals surface area contributed by atoms with Crippen LogP contribution in [0.1, 0.15) is 16.7 Å². The van der Waals surface area contributed by atoms with Gasteiger partial charge < -0.3 is 16.0 Å². The van der Waals surface area contributed by atoms with Gasteiger partial charge in [-0.3, -0.25) is 0 Å². The van der Waals surface area contributed by atoms with E-state index in [1.807, 2.05) is 0 Å². The van der Waals surface area contributed by atoms with Crippen molar-refractivity contribution in [3.8, 4) is 0 Å². The Morgan fingerprint density at radius 2 is 1.05 bits per heavy atom. The van der Waals surface area contributed by atoms with Gasteiger partial charge in [-0.2, -0.15) is 41.3 Å². The molecule has 192 valence electrons. The number of aromatic nitrogens is 3. The van der Waals surface area contributed by atoms with Gasteiger partial charge in [-0.15, -0.1) is 0 Å². The molecule has 0 amide bonds. The highest BCUT2D eigenvalue weighted by molar-refractivity contribution is 5.60. The number of alkyl halides is 6. The molecular weight excluding hydrogens is 505 g/mol. The molecule has 0 saturated heterocycles. The first-order chi connectivity index (χ1) is 17.5. The minimum atomic E-state index is -4.57. The summed E-state index contributed by atoms with van der Waals surface area (Å²) in [5.74, 6) is -0.817. The van der Waals surface area contributed by atoms with E-state index in [4.69, 9.17) is 0 Å². The Balaban J connectivity index is 1.63. The van der Waals surface area contributed by atoms with E-state index in [1.165, 1.54) is 48.5 Å². The number of nitrogens with one attached hydrogen (secondary N) is 3. The van der Waals surface area contributed by atoms with Crippen LogP contribution < -0.4 is 16.0 Å². The Kier molecular flexibility index (Phi) is 7.14. The van der Waals surface area contributed by atoms with Gasteiger partial charge in [-0.25, -0.2) is 4.39 Å². The highest BCUT2D eigenvalue weighted by Gasteiger charge is 2.31. The molecule has 0 aliphatic heterocycles. The van der Waals surface area contributed by atoms with Gasteiger partial charge in [0, 0.05) is 17.9 Å². The van der Waals surface area contributed by atoms with Crippen LogP contribution in [0.3, 0.4) is 0 Å². The zero-order valence-corrected chi connectivity index (χ0v) is 18.6. The lowest BCUT2D eigenvalue weighted by Gasteiger charge is -2.13. The van der Waals surface area contributed by atoms with Crippen LogP contribution in [0, 0.1) is 5.82 Å². The zero-order valence-electron chi connectivity index (χ0n) is 18.6. The monoisotopic (exact) mass is 522 g/mol. The zero-order chi connectivity index (χ0) is 26.6. The van der Waals surface area contributed by atoms with Crippen LogP contribution in [0.5, 0.6) is 0 Å². The third-order valence-electron chi connectivity index (χ3n) is 4.89. The van der Waals surface area contributed by atoms with E-state index in [2.05, 4.69) is 30.9 Å². The van der Waals surface area contributed by atoms with Crippen molar-refractivity contribution in [2.75, 3.05) is 16.0 Å². The van der Waals surface area contributed by atoms with Crippen molar-refractivity contribution in [2.45, 2.75) is 18.9 Å². The molecule has 3 aromatic carbocycles. The van der Waals surface area contributed by atoms with Gasteiger partial charge in [0.05, 0.1) is 11.1 Å². The number of rotatable bonds is 7. The molecule has 37 heavy (non-hydrogen) atoms. The summed E-state index contributed by atoms with van der Waals surface area (Å²) in [5.41, 5.74) is -1.08. The van der Waals surface area contributed by atoms with E-state index in [0.717, 1.165) is 24.3 Å². The van der Waals surface area contributed by atoms with Gasteiger partial charge in [0.25, 0.3) is 0 Å². The fourth-order valence-electron chi connectivity index (χ4n) is 3.15. The highest BCUT2D eigenvalue weighted by Crippen LogP contribution is 2.32. The van der Waals surface area contributed by atoms with Crippen LogP contribution in [0.4, 0.5) is 60.0 Å². The number of nitrogens with zero attached hydrogens (tertiary/aromatic N) is 3. The summed E-state index contributed by atoms with van der Waals surface area (Å²) in [7, 11) is 0. The number of benzene rings is 3. The summed E-state index contributed by atoms with van der Waals surface area (Å²) in [6, 6.07) is 14.2. The standard InChI is InChI=1S/C24H17F7N6/c25-17-9-7-14(8-10-17)13-32-20-35-21(33-18-5-1-3-15(11-18)23(26,27)28)37-22(36-20)34-19-6-2-4-16(12-19)24(29,30)31/h1-12H,13H2,(H3,32,33,34,35,36,37). The molecular formula is C24H17F7N6. The Morgan fingerprint density at radius 1 is 0.595 bits per heavy atom. The summed E-state index contributed by atoms with van der Waals surface area (Å²) in [4.78, 5) is 12.3. The van der Waals surface area contributed by atoms with Crippen LogP contribution in [0.2, 0.25) is 0 Å². The molecule has 0 bridgehead atoms. The van der Waals surface area contributed by atoms with Gasteiger partial charge in [0.2, 0.25) is 17.8 Å². The van der Waals surface area contributed by atoms with Gasteiger partial charge in [-0.05, 0) is 54.1 Å². The normalized spacial score (nSPS) is 11.8. The summed E-state index contributed by atoms with van der Waals surface area (Å²) < 4.78 is 91.7. The van der Waals surface area contributed by atoms with E-state index in [-0.39, 0.29) is 35.8 Å². The maximum absolute atomic E-state index is 13.2. The van der Waals surface area contributed by atoms with Crippen molar-refractivity contribution in [2.24, 2.45) is 0 Å². The molecule has 4 rings (SSSR count). The molecule has 6 nitrogen and oxygen atoms in total. The maximum atomic E-state index is 13.2. The van der Waals surface area contributed by atoms with Crippen LogP contribution in [-0.4, -0.2) is 15.0 Å². The molecule has 1 aromatic heterocycles. The molecule has 0 radical (unpaired) electrons. The van der Waals surface area contributed by atoms with E-state index < -0.39 is 29.3 Å². The first kappa shape index (κ1) is 25.7.